The summed E-state index contributed by atoms with van der Waals surface area (Å²) in [6.45, 7) is 3.82. The smallest absolute Gasteiger partial charge is 0.128 e. The second-order valence-electron chi connectivity index (χ2n) is 3.82. The third kappa shape index (κ3) is 3.00. The molecule has 1 heterocycles. The molecule has 0 aliphatic heterocycles. The van der Waals surface area contributed by atoms with Crippen LogP contribution in [0, 0.1) is 18.6 Å². The highest BCUT2D eigenvalue weighted by molar-refractivity contribution is 7.09. The Morgan fingerprint density at radius 1 is 1.24 bits per heavy atom. The molecule has 0 saturated heterocycles. The van der Waals surface area contributed by atoms with Gasteiger partial charge in [0.15, 0.2) is 0 Å². The highest BCUT2D eigenvalue weighted by Gasteiger charge is 2.09. The number of thiazole rings is 1. The van der Waals surface area contributed by atoms with Crippen molar-refractivity contribution in [3.8, 4) is 0 Å². The van der Waals surface area contributed by atoms with Gasteiger partial charge in [-0.05, 0) is 26.0 Å². The van der Waals surface area contributed by atoms with Crippen LogP contribution in [0.1, 0.15) is 23.7 Å². The first-order valence-corrected chi connectivity index (χ1v) is 6.07. The number of anilines is 1. The molecular formula is C12H12F2N2S. The van der Waals surface area contributed by atoms with Gasteiger partial charge in [0.05, 0.1) is 16.7 Å². The number of hydrogen-bond acceptors (Lipinski definition) is 3. The fourth-order valence-electron chi connectivity index (χ4n) is 1.54. The van der Waals surface area contributed by atoms with E-state index in [9.17, 15) is 8.78 Å². The van der Waals surface area contributed by atoms with Crippen LogP contribution < -0.4 is 5.32 Å². The summed E-state index contributed by atoms with van der Waals surface area (Å²) < 4.78 is 26.0. The summed E-state index contributed by atoms with van der Waals surface area (Å²) in [6, 6.07) is 3.29. The van der Waals surface area contributed by atoms with Crippen molar-refractivity contribution in [3.05, 3.63) is 45.9 Å². The summed E-state index contributed by atoms with van der Waals surface area (Å²) in [5.41, 5.74) is 1.29. The molecule has 17 heavy (non-hydrogen) atoms. The Hall–Kier alpha value is -1.49. The average molecular weight is 254 g/mol. The molecule has 0 bridgehead atoms. The molecule has 0 radical (unpaired) electrons. The molecule has 0 aliphatic rings. The van der Waals surface area contributed by atoms with Gasteiger partial charge >= 0.3 is 0 Å². The fraction of sp³-hybridized carbons (Fsp3) is 0.250. The van der Waals surface area contributed by atoms with Gasteiger partial charge in [-0.3, -0.25) is 0 Å². The van der Waals surface area contributed by atoms with E-state index in [-0.39, 0.29) is 6.04 Å². The minimum atomic E-state index is -0.589. The lowest BCUT2D eigenvalue weighted by Crippen LogP contribution is -2.07. The summed E-state index contributed by atoms with van der Waals surface area (Å²) in [5, 5.41) is 5.92. The summed E-state index contributed by atoms with van der Waals surface area (Å²) in [4.78, 5) is 4.32. The van der Waals surface area contributed by atoms with Gasteiger partial charge in [-0.1, -0.05) is 0 Å². The molecule has 2 aromatic rings. The predicted octanol–water partition coefficient (Wildman–Crippen LogP) is 3.90. The molecule has 2 rings (SSSR count). The van der Waals surface area contributed by atoms with Gasteiger partial charge in [0.1, 0.15) is 11.6 Å². The van der Waals surface area contributed by atoms with Gasteiger partial charge in [-0.25, -0.2) is 13.8 Å². The molecule has 0 spiro atoms. The number of halogens is 2. The van der Waals surface area contributed by atoms with Gasteiger partial charge in [0.2, 0.25) is 0 Å². The highest BCUT2D eigenvalue weighted by atomic mass is 32.1. The third-order valence-corrected chi connectivity index (χ3v) is 3.12. The summed E-state index contributed by atoms with van der Waals surface area (Å²) in [5.74, 6) is -1.18. The number of rotatable bonds is 3. The second-order valence-corrected chi connectivity index (χ2v) is 4.88. The van der Waals surface area contributed by atoms with Crippen LogP contribution in [-0.2, 0) is 0 Å². The van der Waals surface area contributed by atoms with E-state index in [2.05, 4.69) is 10.3 Å². The van der Waals surface area contributed by atoms with E-state index < -0.39 is 11.6 Å². The Labute approximate surface area is 102 Å². The van der Waals surface area contributed by atoms with Crippen LogP contribution >= 0.6 is 11.3 Å². The zero-order chi connectivity index (χ0) is 12.4. The van der Waals surface area contributed by atoms with E-state index in [1.807, 2.05) is 19.2 Å². The zero-order valence-corrected chi connectivity index (χ0v) is 10.3. The van der Waals surface area contributed by atoms with Crippen LogP contribution in [0.25, 0.3) is 0 Å². The average Bonchev–Trinajstić information content (AvgIpc) is 2.63. The standard InChI is InChI=1S/C12H12F2N2S/c1-7(12-6-17-8(2)16-12)15-11-4-9(13)3-10(14)5-11/h3-7,15H,1-2H3. The van der Waals surface area contributed by atoms with Crippen molar-refractivity contribution in [1.29, 1.82) is 0 Å². The van der Waals surface area contributed by atoms with Crippen molar-refractivity contribution in [1.82, 2.24) is 4.98 Å². The van der Waals surface area contributed by atoms with Gasteiger partial charge < -0.3 is 5.32 Å². The van der Waals surface area contributed by atoms with Crippen molar-refractivity contribution in [2.75, 3.05) is 5.32 Å². The van der Waals surface area contributed by atoms with Crippen LogP contribution in [0.15, 0.2) is 23.6 Å². The Morgan fingerprint density at radius 3 is 2.41 bits per heavy atom. The maximum atomic E-state index is 13.0. The molecule has 1 N–H and O–H groups in total. The fourth-order valence-corrected chi connectivity index (χ4v) is 2.25. The summed E-state index contributed by atoms with van der Waals surface area (Å²) in [6.07, 6.45) is 0. The zero-order valence-electron chi connectivity index (χ0n) is 9.50. The number of aryl methyl sites for hydroxylation is 1. The molecule has 0 amide bonds. The van der Waals surface area contributed by atoms with Crippen LogP contribution in [0.2, 0.25) is 0 Å². The molecule has 1 aromatic heterocycles. The Bertz CT molecular complexity index is 505. The summed E-state index contributed by atoms with van der Waals surface area (Å²) in [7, 11) is 0. The first-order valence-electron chi connectivity index (χ1n) is 5.19. The van der Waals surface area contributed by atoms with E-state index in [4.69, 9.17) is 0 Å². The van der Waals surface area contributed by atoms with E-state index in [0.717, 1.165) is 16.8 Å². The Morgan fingerprint density at radius 2 is 1.88 bits per heavy atom. The van der Waals surface area contributed by atoms with E-state index in [0.29, 0.717) is 5.69 Å². The molecule has 1 unspecified atom stereocenters. The van der Waals surface area contributed by atoms with Crippen molar-refractivity contribution in [2.24, 2.45) is 0 Å². The molecule has 1 aromatic carbocycles. The lowest BCUT2D eigenvalue weighted by molar-refractivity contribution is 0.583. The van der Waals surface area contributed by atoms with Gasteiger partial charge in [0, 0.05) is 17.1 Å². The number of hydrogen-bond donors (Lipinski definition) is 1. The number of benzene rings is 1. The highest BCUT2D eigenvalue weighted by Crippen LogP contribution is 2.22. The van der Waals surface area contributed by atoms with Crippen molar-refractivity contribution >= 4 is 17.0 Å². The monoisotopic (exact) mass is 254 g/mol. The van der Waals surface area contributed by atoms with Gasteiger partial charge in [0.25, 0.3) is 0 Å². The minimum Gasteiger partial charge on any atom is -0.377 e. The Kier molecular flexibility index (Phi) is 3.38. The van der Waals surface area contributed by atoms with Crippen LogP contribution in [0.4, 0.5) is 14.5 Å². The molecule has 90 valence electrons. The lowest BCUT2D eigenvalue weighted by Gasteiger charge is -2.13. The first-order chi connectivity index (χ1) is 8.04. The third-order valence-electron chi connectivity index (χ3n) is 2.33. The normalized spacial score (nSPS) is 12.5. The van der Waals surface area contributed by atoms with E-state index >= 15 is 0 Å². The predicted molar refractivity (Wildman–Crippen MR) is 65.2 cm³/mol. The van der Waals surface area contributed by atoms with Crippen molar-refractivity contribution < 1.29 is 8.78 Å². The first kappa shape index (κ1) is 12.0. The SMILES string of the molecule is Cc1nc(C(C)Nc2cc(F)cc(F)c2)cs1. The molecule has 5 heteroatoms. The van der Waals surface area contributed by atoms with E-state index in [1.165, 1.54) is 12.1 Å². The van der Waals surface area contributed by atoms with Crippen LogP contribution in [-0.4, -0.2) is 4.98 Å². The van der Waals surface area contributed by atoms with Crippen LogP contribution in [0.3, 0.4) is 0 Å². The second kappa shape index (κ2) is 4.79. The number of aromatic nitrogens is 1. The molecule has 1 atom stereocenters. The number of nitrogens with zero attached hydrogens (tertiary/aromatic N) is 1. The molecule has 0 saturated carbocycles. The summed E-state index contributed by atoms with van der Waals surface area (Å²) >= 11 is 1.55. The topological polar surface area (TPSA) is 24.9 Å². The molecule has 0 aliphatic carbocycles. The van der Waals surface area contributed by atoms with Gasteiger partial charge in [-0.2, -0.15) is 0 Å². The van der Waals surface area contributed by atoms with Gasteiger partial charge in [-0.15, -0.1) is 11.3 Å². The largest absolute Gasteiger partial charge is 0.377 e. The van der Waals surface area contributed by atoms with Crippen molar-refractivity contribution in [2.45, 2.75) is 19.9 Å². The van der Waals surface area contributed by atoms with Crippen molar-refractivity contribution in [3.63, 3.8) is 0 Å². The quantitative estimate of drug-likeness (QED) is 0.898. The molecule has 0 fully saturated rings. The minimum absolute atomic E-state index is 0.0823. The van der Waals surface area contributed by atoms with Crippen LogP contribution in [0.5, 0.6) is 0 Å². The maximum Gasteiger partial charge on any atom is 0.128 e. The van der Waals surface area contributed by atoms with E-state index in [1.54, 1.807) is 11.3 Å². The maximum absolute atomic E-state index is 13.0. The number of nitrogens with one attached hydrogen (secondary N) is 1. The Balaban J connectivity index is 2.15. The lowest BCUT2D eigenvalue weighted by atomic mass is 10.2. The molecule has 2 nitrogen and oxygen atoms in total. The molecular weight excluding hydrogens is 242 g/mol.